The summed E-state index contributed by atoms with van der Waals surface area (Å²) in [6.07, 6.45) is 0.858. The summed E-state index contributed by atoms with van der Waals surface area (Å²) in [5.41, 5.74) is 3.26. The van der Waals surface area contributed by atoms with Crippen molar-refractivity contribution >= 4 is 11.6 Å². The van der Waals surface area contributed by atoms with Crippen LogP contribution in [0.25, 0.3) is 11.5 Å². The van der Waals surface area contributed by atoms with E-state index in [9.17, 15) is 4.79 Å². The Morgan fingerprint density at radius 2 is 1.79 bits per heavy atom. The van der Waals surface area contributed by atoms with Crippen LogP contribution in [0.2, 0.25) is 0 Å². The fraction of sp³-hybridized carbons (Fsp3) is 0.318. The second kappa shape index (κ2) is 8.25. The molecule has 4 rings (SSSR count). The highest BCUT2D eigenvalue weighted by Crippen LogP contribution is 2.20. The molecule has 0 N–H and O–H groups in total. The molecule has 1 saturated heterocycles. The quantitative estimate of drug-likeness (QED) is 0.684. The summed E-state index contributed by atoms with van der Waals surface area (Å²) < 4.78 is 5.74. The topological polar surface area (TPSA) is 62.5 Å². The predicted octanol–water partition coefficient (Wildman–Crippen LogP) is 3.33. The molecule has 1 aliphatic heterocycles. The van der Waals surface area contributed by atoms with E-state index in [1.165, 1.54) is 5.69 Å². The van der Waals surface area contributed by atoms with Crippen LogP contribution < -0.4 is 4.90 Å². The maximum atomic E-state index is 12.6. The third-order valence-electron chi connectivity index (χ3n) is 5.04. The number of hydrogen-bond donors (Lipinski definition) is 0. The van der Waals surface area contributed by atoms with Gasteiger partial charge in [-0.15, -0.1) is 10.2 Å². The number of rotatable bonds is 5. The number of piperazine rings is 1. The van der Waals surface area contributed by atoms with Crippen molar-refractivity contribution in [3.63, 3.8) is 0 Å². The summed E-state index contributed by atoms with van der Waals surface area (Å²) >= 11 is 0. The van der Waals surface area contributed by atoms with Crippen molar-refractivity contribution in [1.29, 1.82) is 0 Å². The van der Waals surface area contributed by atoms with Gasteiger partial charge in [0.05, 0.1) is 0 Å². The highest BCUT2D eigenvalue weighted by Gasteiger charge is 2.21. The Hall–Kier alpha value is -3.15. The maximum absolute atomic E-state index is 12.6. The zero-order valence-corrected chi connectivity index (χ0v) is 16.0. The largest absolute Gasteiger partial charge is 0.421 e. The van der Waals surface area contributed by atoms with E-state index in [0.29, 0.717) is 24.6 Å². The van der Waals surface area contributed by atoms with Gasteiger partial charge in [-0.05, 0) is 31.2 Å². The van der Waals surface area contributed by atoms with Crippen LogP contribution in [0.15, 0.2) is 59.0 Å². The molecule has 1 amide bonds. The van der Waals surface area contributed by atoms with Crippen molar-refractivity contribution in [1.82, 2.24) is 15.1 Å². The Morgan fingerprint density at radius 1 is 1.00 bits per heavy atom. The first-order chi connectivity index (χ1) is 13.7. The lowest BCUT2D eigenvalue weighted by molar-refractivity contribution is -0.131. The van der Waals surface area contributed by atoms with E-state index in [-0.39, 0.29) is 5.91 Å². The molecule has 3 aromatic rings. The van der Waals surface area contributed by atoms with Gasteiger partial charge in [-0.2, -0.15) is 0 Å². The molecule has 144 valence electrons. The Morgan fingerprint density at radius 3 is 2.54 bits per heavy atom. The van der Waals surface area contributed by atoms with E-state index < -0.39 is 0 Å². The molecule has 0 bridgehead atoms. The zero-order valence-electron chi connectivity index (χ0n) is 16.0. The fourth-order valence-electron chi connectivity index (χ4n) is 3.47. The lowest BCUT2D eigenvalue weighted by Gasteiger charge is -2.36. The third kappa shape index (κ3) is 4.22. The van der Waals surface area contributed by atoms with Crippen molar-refractivity contribution in [3.8, 4) is 11.5 Å². The molecule has 0 atom stereocenters. The normalized spacial score (nSPS) is 14.3. The monoisotopic (exact) mass is 376 g/mol. The zero-order chi connectivity index (χ0) is 19.3. The van der Waals surface area contributed by atoms with E-state index in [0.717, 1.165) is 37.3 Å². The van der Waals surface area contributed by atoms with Crippen LogP contribution >= 0.6 is 0 Å². The van der Waals surface area contributed by atoms with Crippen LogP contribution in [0.3, 0.4) is 0 Å². The average molecular weight is 376 g/mol. The Kier molecular flexibility index (Phi) is 5.37. The number of hydrogen-bond acceptors (Lipinski definition) is 5. The van der Waals surface area contributed by atoms with E-state index in [4.69, 9.17) is 4.42 Å². The van der Waals surface area contributed by atoms with E-state index in [1.807, 2.05) is 54.3 Å². The summed E-state index contributed by atoms with van der Waals surface area (Å²) in [7, 11) is 0. The van der Waals surface area contributed by atoms with Crippen LogP contribution in [-0.4, -0.2) is 47.2 Å². The van der Waals surface area contributed by atoms with Crippen molar-refractivity contribution in [2.24, 2.45) is 0 Å². The summed E-state index contributed by atoms with van der Waals surface area (Å²) in [6, 6.07) is 18.3. The lowest BCUT2D eigenvalue weighted by Crippen LogP contribution is -2.48. The molecule has 28 heavy (non-hydrogen) atoms. The minimum Gasteiger partial charge on any atom is -0.421 e. The number of carbonyl (C=O) groups is 1. The fourth-order valence-corrected chi connectivity index (χ4v) is 3.47. The summed E-state index contributed by atoms with van der Waals surface area (Å²) in [4.78, 5) is 16.8. The van der Waals surface area contributed by atoms with Crippen LogP contribution in [0, 0.1) is 6.92 Å². The molecule has 0 spiro atoms. The molecule has 6 heteroatoms. The van der Waals surface area contributed by atoms with Gasteiger partial charge in [0, 0.05) is 50.3 Å². The van der Waals surface area contributed by atoms with Gasteiger partial charge in [-0.3, -0.25) is 4.79 Å². The standard InChI is InChI=1S/C22H24N4O2/c1-17-6-5-7-18(16-17)22-24-23-20(28-22)10-11-21(27)26-14-12-25(13-15-26)19-8-3-2-4-9-19/h2-9,16H,10-15H2,1H3. The Bertz CT molecular complexity index is 930. The molecule has 0 radical (unpaired) electrons. The molecule has 1 aliphatic rings. The highest BCUT2D eigenvalue weighted by molar-refractivity contribution is 5.76. The van der Waals surface area contributed by atoms with Crippen LogP contribution in [-0.2, 0) is 11.2 Å². The molecule has 2 heterocycles. The summed E-state index contributed by atoms with van der Waals surface area (Å²) in [5, 5.41) is 8.21. The number of anilines is 1. The predicted molar refractivity (Wildman–Crippen MR) is 108 cm³/mol. The maximum Gasteiger partial charge on any atom is 0.247 e. The number of para-hydroxylation sites is 1. The molecule has 2 aromatic carbocycles. The molecule has 0 saturated carbocycles. The smallest absolute Gasteiger partial charge is 0.247 e. The van der Waals surface area contributed by atoms with Crippen LogP contribution in [0.4, 0.5) is 5.69 Å². The number of amides is 1. The van der Waals surface area contributed by atoms with Gasteiger partial charge in [0.2, 0.25) is 17.7 Å². The molecule has 0 unspecified atom stereocenters. The van der Waals surface area contributed by atoms with Crippen molar-refractivity contribution in [2.75, 3.05) is 31.1 Å². The molecule has 0 aliphatic carbocycles. The average Bonchev–Trinajstić information content (AvgIpc) is 3.22. The molecule has 1 aromatic heterocycles. The van der Waals surface area contributed by atoms with E-state index in [1.54, 1.807) is 0 Å². The first-order valence-electron chi connectivity index (χ1n) is 9.66. The van der Waals surface area contributed by atoms with Gasteiger partial charge >= 0.3 is 0 Å². The second-order valence-electron chi connectivity index (χ2n) is 7.07. The van der Waals surface area contributed by atoms with Crippen molar-refractivity contribution < 1.29 is 9.21 Å². The van der Waals surface area contributed by atoms with Gasteiger partial charge in [-0.1, -0.05) is 35.9 Å². The van der Waals surface area contributed by atoms with Gasteiger partial charge in [0.1, 0.15) is 0 Å². The van der Waals surface area contributed by atoms with Gasteiger partial charge < -0.3 is 14.2 Å². The minimum atomic E-state index is 0.142. The number of nitrogens with zero attached hydrogens (tertiary/aromatic N) is 4. The molecular formula is C22H24N4O2. The Labute approximate surface area is 164 Å². The first-order valence-corrected chi connectivity index (χ1v) is 9.66. The molecule has 1 fully saturated rings. The van der Waals surface area contributed by atoms with Crippen LogP contribution in [0.5, 0.6) is 0 Å². The van der Waals surface area contributed by atoms with Crippen molar-refractivity contribution in [3.05, 3.63) is 66.1 Å². The highest BCUT2D eigenvalue weighted by atomic mass is 16.4. The summed E-state index contributed by atoms with van der Waals surface area (Å²) in [5.74, 6) is 1.15. The number of aromatic nitrogens is 2. The molecular weight excluding hydrogens is 352 g/mol. The van der Waals surface area contributed by atoms with Gasteiger partial charge in [-0.25, -0.2) is 0 Å². The first kappa shape index (κ1) is 18.2. The lowest BCUT2D eigenvalue weighted by atomic mass is 10.1. The number of carbonyl (C=O) groups excluding carboxylic acids is 1. The minimum absolute atomic E-state index is 0.142. The SMILES string of the molecule is Cc1cccc(-c2nnc(CCC(=O)N3CCN(c4ccccc4)CC3)o2)c1. The van der Waals surface area contributed by atoms with Gasteiger partial charge in [0.15, 0.2) is 0 Å². The van der Waals surface area contributed by atoms with E-state index in [2.05, 4.69) is 27.2 Å². The van der Waals surface area contributed by atoms with Crippen LogP contribution in [0.1, 0.15) is 17.9 Å². The molecule has 6 nitrogen and oxygen atoms in total. The summed E-state index contributed by atoms with van der Waals surface area (Å²) in [6.45, 7) is 5.22. The third-order valence-corrected chi connectivity index (χ3v) is 5.04. The van der Waals surface area contributed by atoms with E-state index >= 15 is 0 Å². The Balaban J connectivity index is 1.28. The van der Waals surface area contributed by atoms with Gasteiger partial charge in [0.25, 0.3) is 0 Å². The number of benzene rings is 2. The number of aryl methyl sites for hydroxylation is 2. The second-order valence-corrected chi connectivity index (χ2v) is 7.07. The van der Waals surface area contributed by atoms with Crippen molar-refractivity contribution in [2.45, 2.75) is 19.8 Å².